The number of nitrogens with zero attached hydrogens (tertiary/aromatic N) is 1. The van der Waals surface area contributed by atoms with E-state index in [2.05, 4.69) is 4.98 Å². The maximum atomic E-state index is 11.3. The zero-order chi connectivity index (χ0) is 13.1. The highest BCUT2D eigenvalue weighted by atomic mass is 35.5. The Bertz CT molecular complexity index is 617. The first-order valence-electron chi connectivity index (χ1n) is 5.52. The van der Waals surface area contributed by atoms with E-state index >= 15 is 0 Å². The van der Waals surface area contributed by atoms with Gasteiger partial charge in [-0.15, -0.1) is 11.6 Å². The Morgan fingerprint density at radius 2 is 2.28 bits per heavy atom. The third-order valence-electron chi connectivity index (χ3n) is 2.76. The summed E-state index contributed by atoms with van der Waals surface area (Å²) in [6.07, 6.45) is 0.697. The van der Waals surface area contributed by atoms with Crippen LogP contribution in [0.4, 0.5) is 0 Å². The van der Waals surface area contributed by atoms with Crippen molar-refractivity contribution in [1.29, 1.82) is 0 Å². The van der Waals surface area contributed by atoms with E-state index in [0.29, 0.717) is 24.1 Å². The SMILES string of the molecule is CN(CCc1ccc2oc(=O)[nH]c2c1)C(=O)CCl. The number of halogens is 1. The van der Waals surface area contributed by atoms with Crippen LogP contribution in [0.5, 0.6) is 0 Å². The fourth-order valence-electron chi connectivity index (χ4n) is 1.68. The van der Waals surface area contributed by atoms with E-state index < -0.39 is 5.76 Å². The van der Waals surface area contributed by atoms with Crippen molar-refractivity contribution < 1.29 is 9.21 Å². The molecule has 0 bridgehead atoms. The average molecular weight is 269 g/mol. The number of fused-ring (bicyclic) bond motifs is 1. The third kappa shape index (κ3) is 2.73. The Hall–Kier alpha value is -1.75. The fourth-order valence-corrected chi connectivity index (χ4v) is 1.88. The molecular weight excluding hydrogens is 256 g/mol. The zero-order valence-electron chi connectivity index (χ0n) is 9.90. The first kappa shape index (κ1) is 12.7. The van der Waals surface area contributed by atoms with Crippen molar-refractivity contribution in [2.75, 3.05) is 19.5 Å². The topological polar surface area (TPSA) is 66.3 Å². The number of carbonyl (C=O) groups is 1. The second-order valence-electron chi connectivity index (χ2n) is 4.04. The smallest absolute Gasteiger partial charge is 0.408 e. The van der Waals surface area contributed by atoms with Crippen LogP contribution in [0.3, 0.4) is 0 Å². The molecule has 0 aliphatic heterocycles. The number of aromatic nitrogens is 1. The number of likely N-dealkylation sites (N-methyl/N-ethyl adjacent to an activating group) is 1. The summed E-state index contributed by atoms with van der Waals surface area (Å²) in [6, 6.07) is 5.46. The molecule has 0 aliphatic rings. The molecule has 0 aliphatic carbocycles. The van der Waals surface area contributed by atoms with Crippen molar-refractivity contribution in [2.24, 2.45) is 0 Å². The Balaban J connectivity index is 2.08. The van der Waals surface area contributed by atoms with Crippen molar-refractivity contribution in [3.63, 3.8) is 0 Å². The summed E-state index contributed by atoms with van der Waals surface area (Å²) in [5.41, 5.74) is 2.23. The number of alkyl halides is 1. The van der Waals surface area contributed by atoms with Gasteiger partial charge >= 0.3 is 5.76 Å². The van der Waals surface area contributed by atoms with Gasteiger partial charge in [0.2, 0.25) is 5.91 Å². The van der Waals surface area contributed by atoms with Gasteiger partial charge in [0.25, 0.3) is 0 Å². The molecule has 5 nitrogen and oxygen atoms in total. The molecule has 1 N–H and O–H groups in total. The average Bonchev–Trinajstić information content (AvgIpc) is 2.74. The quantitative estimate of drug-likeness (QED) is 0.852. The minimum absolute atomic E-state index is 0.00934. The molecule has 2 rings (SSSR count). The highest BCUT2D eigenvalue weighted by Crippen LogP contribution is 2.12. The van der Waals surface area contributed by atoms with Crippen LogP contribution in [0.25, 0.3) is 11.1 Å². The van der Waals surface area contributed by atoms with Crippen molar-refractivity contribution in [3.05, 3.63) is 34.3 Å². The van der Waals surface area contributed by atoms with Gasteiger partial charge in [0.05, 0.1) is 5.52 Å². The Kier molecular flexibility index (Phi) is 3.72. The number of hydrogen-bond donors (Lipinski definition) is 1. The number of carbonyl (C=O) groups excluding carboxylic acids is 1. The molecule has 0 unspecified atom stereocenters. The summed E-state index contributed by atoms with van der Waals surface area (Å²) in [7, 11) is 1.71. The van der Waals surface area contributed by atoms with Gasteiger partial charge < -0.3 is 9.32 Å². The number of H-pyrrole nitrogens is 1. The summed E-state index contributed by atoms with van der Waals surface area (Å²) in [6.45, 7) is 0.582. The molecule has 0 saturated carbocycles. The molecule has 18 heavy (non-hydrogen) atoms. The van der Waals surface area contributed by atoms with E-state index in [1.54, 1.807) is 18.0 Å². The van der Waals surface area contributed by atoms with Gasteiger partial charge in [-0.2, -0.15) is 0 Å². The fraction of sp³-hybridized carbons (Fsp3) is 0.333. The van der Waals surface area contributed by atoms with Gasteiger partial charge in [-0.1, -0.05) is 6.07 Å². The highest BCUT2D eigenvalue weighted by molar-refractivity contribution is 6.27. The summed E-state index contributed by atoms with van der Waals surface area (Å²) < 4.78 is 4.91. The Morgan fingerprint density at radius 1 is 1.50 bits per heavy atom. The largest absolute Gasteiger partial charge is 0.417 e. The first-order chi connectivity index (χ1) is 8.60. The van der Waals surface area contributed by atoms with Gasteiger partial charge in [0.1, 0.15) is 5.88 Å². The van der Waals surface area contributed by atoms with Gasteiger partial charge in [0.15, 0.2) is 5.58 Å². The van der Waals surface area contributed by atoms with E-state index in [-0.39, 0.29) is 11.8 Å². The second-order valence-corrected chi connectivity index (χ2v) is 4.31. The molecule has 0 atom stereocenters. The van der Waals surface area contributed by atoms with Crippen LogP contribution in [-0.4, -0.2) is 35.3 Å². The standard InChI is InChI=1S/C12H13ClN2O3/c1-15(11(16)7-13)5-4-8-2-3-10-9(6-8)14-12(17)18-10/h2-3,6H,4-5,7H2,1H3,(H,14,17). The van der Waals surface area contributed by atoms with E-state index in [4.69, 9.17) is 16.0 Å². The molecule has 1 aromatic heterocycles. The lowest BCUT2D eigenvalue weighted by atomic mass is 10.1. The van der Waals surface area contributed by atoms with Gasteiger partial charge in [-0.25, -0.2) is 4.79 Å². The van der Waals surface area contributed by atoms with Gasteiger partial charge in [-0.05, 0) is 24.1 Å². The van der Waals surface area contributed by atoms with Crippen LogP contribution in [0.1, 0.15) is 5.56 Å². The normalized spacial score (nSPS) is 10.8. The Morgan fingerprint density at radius 3 is 3.00 bits per heavy atom. The monoisotopic (exact) mass is 268 g/mol. The van der Waals surface area contributed by atoms with Gasteiger partial charge in [0, 0.05) is 13.6 Å². The lowest BCUT2D eigenvalue weighted by Crippen LogP contribution is -2.29. The number of nitrogens with one attached hydrogen (secondary N) is 1. The summed E-state index contributed by atoms with van der Waals surface area (Å²) in [5.74, 6) is -0.573. The maximum Gasteiger partial charge on any atom is 0.417 e. The first-order valence-corrected chi connectivity index (χ1v) is 6.05. The van der Waals surface area contributed by atoms with Crippen LogP contribution in [0.15, 0.2) is 27.4 Å². The van der Waals surface area contributed by atoms with Crippen LogP contribution in [-0.2, 0) is 11.2 Å². The molecule has 1 heterocycles. The van der Waals surface area contributed by atoms with Crippen molar-refractivity contribution in [2.45, 2.75) is 6.42 Å². The summed E-state index contributed by atoms with van der Waals surface area (Å²) in [5, 5.41) is 0. The van der Waals surface area contributed by atoms with Crippen LogP contribution < -0.4 is 5.76 Å². The lowest BCUT2D eigenvalue weighted by Gasteiger charge is -2.15. The zero-order valence-corrected chi connectivity index (χ0v) is 10.7. The molecule has 6 heteroatoms. The molecular formula is C12H13ClN2O3. The third-order valence-corrected chi connectivity index (χ3v) is 2.99. The van der Waals surface area contributed by atoms with Crippen molar-refractivity contribution >= 4 is 28.6 Å². The summed E-state index contributed by atoms with van der Waals surface area (Å²) >= 11 is 5.47. The highest BCUT2D eigenvalue weighted by Gasteiger charge is 2.07. The molecule has 96 valence electrons. The predicted octanol–water partition coefficient (Wildman–Crippen LogP) is 1.36. The molecule has 0 saturated heterocycles. The second kappa shape index (κ2) is 5.27. The number of amides is 1. The predicted molar refractivity (Wildman–Crippen MR) is 68.9 cm³/mol. The minimum Gasteiger partial charge on any atom is -0.408 e. The maximum absolute atomic E-state index is 11.3. The minimum atomic E-state index is -0.461. The lowest BCUT2D eigenvalue weighted by molar-refractivity contribution is -0.127. The van der Waals surface area contributed by atoms with E-state index in [1.165, 1.54) is 0 Å². The van der Waals surface area contributed by atoms with Gasteiger partial charge in [-0.3, -0.25) is 9.78 Å². The van der Waals surface area contributed by atoms with Crippen molar-refractivity contribution in [1.82, 2.24) is 9.88 Å². The molecule has 0 fully saturated rings. The van der Waals surface area contributed by atoms with E-state index in [9.17, 15) is 9.59 Å². The van der Waals surface area contributed by atoms with Crippen LogP contribution in [0, 0.1) is 0 Å². The summed E-state index contributed by atoms with van der Waals surface area (Å²) in [4.78, 5) is 26.5. The van der Waals surface area contributed by atoms with E-state index in [1.807, 2.05) is 12.1 Å². The number of hydrogen-bond acceptors (Lipinski definition) is 3. The molecule has 0 radical (unpaired) electrons. The molecule has 2 aromatic rings. The van der Waals surface area contributed by atoms with Crippen LogP contribution in [0.2, 0.25) is 0 Å². The Labute approximate surface area is 108 Å². The van der Waals surface area contributed by atoms with E-state index in [0.717, 1.165) is 5.56 Å². The van der Waals surface area contributed by atoms with Crippen molar-refractivity contribution in [3.8, 4) is 0 Å². The molecule has 0 spiro atoms. The molecule has 1 amide bonds. The number of benzene rings is 1. The number of rotatable bonds is 4. The molecule has 1 aromatic carbocycles. The van der Waals surface area contributed by atoms with Crippen LogP contribution >= 0.6 is 11.6 Å². The number of aromatic amines is 1. The number of oxazole rings is 1.